The second-order valence-corrected chi connectivity index (χ2v) is 8.52. The molecule has 33 heavy (non-hydrogen) atoms. The lowest BCUT2D eigenvalue weighted by atomic mass is 9.94. The van der Waals surface area contributed by atoms with Crippen LogP contribution in [0.1, 0.15) is 11.1 Å². The van der Waals surface area contributed by atoms with Crippen LogP contribution in [-0.2, 0) is 11.2 Å². The summed E-state index contributed by atoms with van der Waals surface area (Å²) >= 11 is 0. The van der Waals surface area contributed by atoms with Gasteiger partial charge in [0.15, 0.2) is 0 Å². The Hall–Kier alpha value is -4.10. The van der Waals surface area contributed by atoms with E-state index in [0.717, 1.165) is 62.5 Å². The van der Waals surface area contributed by atoms with E-state index in [1.165, 1.54) is 11.0 Å². The van der Waals surface area contributed by atoms with Gasteiger partial charge in [-0.1, -0.05) is 47.9 Å². The number of hydrogen-bond donors (Lipinski definition) is 4. The third-order valence-corrected chi connectivity index (χ3v) is 6.29. The number of carbonyl (C=O) groups is 1. The number of fused-ring (bicyclic) bond motifs is 6. The highest BCUT2D eigenvalue weighted by Crippen LogP contribution is 2.41. The van der Waals surface area contributed by atoms with Crippen molar-refractivity contribution in [3.63, 3.8) is 0 Å². The summed E-state index contributed by atoms with van der Waals surface area (Å²) in [6.07, 6.45) is 2.77. The molecule has 2 heterocycles. The van der Waals surface area contributed by atoms with Crippen molar-refractivity contribution in [2.75, 3.05) is 11.9 Å². The van der Waals surface area contributed by atoms with Crippen LogP contribution >= 0.6 is 0 Å². The third kappa shape index (κ3) is 3.25. The van der Waals surface area contributed by atoms with Crippen molar-refractivity contribution >= 4 is 35.8 Å². The number of amides is 1. The summed E-state index contributed by atoms with van der Waals surface area (Å²) < 4.78 is 0. The zero-order valence-electron chi connectivity index (χ0n) is 18.2. The minimum absolute atomic E-state index is 0.0448. The number of nitrogens with one attached hydrogen (secondary N) is 3. The number of hydrogen-bond acceptors (Lipinski definition) is 3. The molecule has 0 saturated carbocycles. The van der Waals surface area contributed by atoms with E-state index in [9.17, 15) is 4.79 Å². The van der Waals surface area contributed by atoms with Gasteiger partial charge in [0.2, 0.25) is 5.91 Å². The molecule has 6 nitrogen and oxygen atoms in total. The van der Waals surface area contributed by atoms with E-state index in [4.69, 9.17) is 10.7 Å². The van der Waals surface area contributed by atoms with Crippen LogP contribution in [0.25, 0.3) is 44.8 Å². The molecule has 0 radical (unpaired) electrons. The number of anilines is 1. The molecule has 160 valence electrons. The Bertz CT molecular complexity index is 1550. The van der Waals surface area contributed by atoms with Gasteiger partial charge in [-0.05, 0) is 35.7 Å². The topological polar surface area (TPSA) is 99.6 Å². The average Bonchev–Trinajstić information content (AvgIpc) is 3.41. The van der Waals surface area contributed by atoms with Crippen LogP contribution in [0.4, 0.5) is 5.69 Å². The molecule has 0 atom stereocenters. The maximum atomic E-state index is 11.8. The van der Waals surface area contributed by atoms with Crippen LogP contribution in [-0.4, -0.2) is 35.3 Å². The quantitative estimate of drug-likeness (QED) is 0.324. The standard InChI is InChI=1S/C26H22BN5O/c27-16-5-8-22-20(11-16)21(13-29-22)26-31-24-18-4-2-1-3-14(18)9-15-10-17(30-23(33)12-28)6-7-19(15)25(24)32-26/h1-8,10-11,13,29H,9,12,27-28H2,(H,30,33)(H,31,32). The molecule has 7 heteroatoms. The van der Waals surface area contributed by atoms with E-state index in [-0.39, 0.29) is 12.5 Å². The van der Waals surface area contributed by atoms with Gasteiger partial charge in [0.1, 0.15) is 13.7 Å². The lowest BCUT2D eigenvalue weighted by Crippen LogP contribution is -2.21. The molecular weight excluding hydrogens is 409 g/mol. The molecule has 1 aliphatic rings. The van der Waals surface area contributed by atoms with Gasteiger partial charge >= 0.3 is 0 Å². The molecule has 6 rings (SSSR count). The second kappa shape index (κ2) is 7.50. The van der Waals surface area contributed by atoms with E-state index in [2.05, 4.69) is 65.6 Å². The zero-order valence-corrected chi connectivity index (χ0v) is 18.2. The van der Waals surface area contributed by atoms with Crippen molar-refractivity contribution in [1.82, 2.24) is 15.0 Å². The lowest BCUT2D eigenvalue weighted by Gasteiger charge is -2.10. The summed E-state index contributed by atoms with van der Waals surface area (Å²) in [5.74, 6) is 0.626. The molecule has 1 aliphatic carbocycles. The Morgan fingerprint density at radius 2 is 1.91 bits per heavy atom. The molecule has 5 aromatic rings. The van der Waals surface area contributed by atoms with Crippen molar-refractivity contribution in [3.8, 4) is 33.9 Å². The number of imidazole rings is 1. The van der Waals surface area contributed by atoms with Gasteiger partial charge in [-0.2, -0.15) is 0 Å². The Morgan fingerprint density at radius 1 is 1.03 bits per heavy atom. The first kappa shape index (κ1) is 19.6. The molecule has 2 aromatic heterocycles. The Labute approximate surface area is 191 Å². The first-order valence-electron chi connectivity index (χ1n) is 11.0. The maximum absolute atomic E-state index is 11.8. The molecule has 1 amide bonds. The van der Waals surface area contributed by atoms with Crippen LogP contribution in [0.2, 0.25) is 0 Å². The predicted octanol–water partition coefficient (Wildman–Crippen LogP) is 2.95. The largest absolute Gasteiger partial charge is 0.360 e. The SMILES string of the molecule is Bc1ccc2[nH]cc(-c3nc4c([nH]3)-c3ccccc3Cc3cc(NC(=O)CN)ccc3-4)c2c1. The summed E-state index contributed by atoms with van der Waals surface area (Å²) in [6, 6.07) is 20.8. The normalized spacial score (nSPS) is 12.0. The van der Waals surface area contributed by atoms with Crippen LogP contribution in [0.5, 0.6) is 0 Å². The highest BCUT2D eigenvalue weighted by atomic mass is 16.1. The number of carbonyl (C=O) groups excluding carboxylic acids is 1. The fourth-order valence-electron chi connectivity index (χ4n) is 4.71. The molecule has 3 aromatic carbocycles. The molecular formula is C26H22BN5O. The summed E-state index contributed by atoms with van der Waals surface area (Å²) in [5.41, 5.74) is 16.0. The van der Waals surface area contributed by atoms with E-state index < -0.39 is 0 Å². The molecule has 0 fully saturated rings. The molecule has 5 N–H and O–H groups in total. The van der Waals surface area contributed by atoms with Crippen molar-refractivity contribution in [1.29, 1.82) is 0 Å². The van der Waals surface area contributed by atoms with Crippen LogP contribution in [0.3, 0.4) is 0 Å². The minimum atomic E-state index is -0.207. The molecule has 0 bridgehead atoms. The fraction of sp³-hybridized carbons (Fsp3) is 0.0769. The number of aromatic amines is 2. The second-order valence-electron chi connectivity index (χ2n) is 8.52. The number of H-pyrrole nitrogens is 2. The van der Waals surface area contributed by atoms with Crippen molar-refractivity contribution in [3.05, 3.63) is 78.0 Å². The van der Waals surface area contributed by atoms with Gasteiger partial charge < -0.3 is 21.0 Å². The van der Waals surface area contributed by atoms with Crippen LogP contribution in [0.15, 0.2) is 66.9 Å². The number of benzene rings is 3. The highest BCUT2D eigenvalue weighted by molar-refractivity contribution is 6.33. The predicted molar refractivity (Wildman–Crippen MR) is 135 cm³/mol. The molecule has 0 spiro atoms. The van der Waals surface area contributed by atoms with E-state index in [1.54, 1.807) is 0 Å². The third-order valence-electron chi connectivity index (χ3n) is 6.29. The minimum Gasteiger partial charge on any atom is -0.360 e. The Kier molecular flexibility index (Phi) is 4.45. The van der Waals surface area contributed by atoms with Gasteiger partial charge in [0.05, 0.1) is 17.9 Å². The maximum Gasteiger partial charge on any atom is 0.238 e. The van der Waals surface area contributed by atoms with Gasteiger partial charge in [0.25, 0.3) is 0 Å². The smallest absolute Gasteiger partial charge is 0.238 e. The van der Waals surface area contributed by atoms with Gasteiger partial charge in [0, 0.05) is 39.5 Å². The lowest BCUT2D eigenvalue weighted by molar-refractivity contribution is -0.114. The van der Waals surface area contributed by atoms with E-state index in [1.807, 2.05) is 24.4 Å². The monoisotopic (exact) mass is 431 g/mol. The number of nitrogens with zero attached hydrogens (tertiary/aromatic N) is 1. The van der Waals surface area contributed by atoms with Crippen molar-refractivity contribution in [2.45, 2.75) is 6.42 Å². The van der Waals surface area contributed by atoms with E-state index in [0.29, 0.717) is 0 Å². The summed E-state index contributed by atoms with van der Waals surface area (Å²) in [6.45, 7) is -0.0448. The number of nitrogens with two attached hydrogens (primary N) is 1. The van der Waals surface area contributed by atoms with E-state index >= 15 is 0 Å². The summed E-state index contributed by atoms with van der Waals surface area (Å²) in [5, 5.41) is 4.01. The van der Waals surface area contributed by atoms with Gasteiger partial charge in [-0.3, -0.25) is 4.79 Å². The first-order chi connectivity index (χ1) is 16.1. The zero-order chi connectivity index (χ0) is 22.5. The van der Waals surface area contributed by atoms with Gasteiger partial charge in [-0.15, -0.1) is 0 Å². The van der Waals surface area contributed by atoms with Crippen LogP contribution in [0, 0.1) is 0 Å². The molecule has 0 unspecified atom stereocenters. The highest BCUT2D eigenvalue weighted by Gasteiger charge is 2.24. The van der Waals surface area contributed by atoms with Gasteiger partial charge in [-0.25, -0.2) is 4.98 Å². The number of aromatic nitrogens is 3. The molecule has 0 saturated heterocycles. The summed E-state index contributed by atoms with van der Waals surface area (Å²) in [7, 11) is 2.10. The number of rotatable bonds is 3. The molecule has 0 aliphatic heterocycles. The average molecular weight is 431 g/mol. The Balaban J connectivity index is 1.55. The van der Waals surface area contributed by atoms with Crippen molar-refractivity contribution in [2.24, 2.45) is 5.73 Å². The first-order valence-corrected chi connectivity index (χ1v) is 11.0. The van der Waals surface area contributed by atoms with Crippen LogP contribution < -0.4 is 16.5 Å². The fourth-order valence-corrected chi connectivity index (χ4v) is 4.71. The van der Waals surface area contributed by atoms with Crippen molar-refractivity contribution < 1.29 is 4.79 Å². The Morgan fingerprint density at radius 3 is 2.79 bits per heavy atom. The summed E-state index contributed by atoms with van der Waals surface area (Å²) in [4.78, 5) is 23.9.